The number of hydrogen-bond donors (Lipinski definition) is 3. The number of ketones is 4. The Balaban J connectivity index is 1.14. The maximum Gasteiger partial charge on any atom is 0.333 e. The molecule has 0 spiro atoms. The van der Waals surface area contributed by atoms with Gasteiger partial charge in [0.15, 0.2) is 0 Å². The third kappa shape index (κ3) is 11.8. The Hall–Kier alpha value is -3.62. The smallest absolute Gasteiger partial charge is 0.333 e. The van der Waals surface area contributed by atoms with Crippen molar-refractivity contribution in [1.29, 1.82) is 0 Å². The largest absolute Gasteiger partial charge is 0.356 e. The van der Waals surface area contributed by atoms with Crippen LogP contribution in [0.3, 0.4) is 0 Å². The number of urea groups is 1. The fourth-order valence-corrected chi connectivity index (χ4v) is 6.63. The van der Waals surface area contributed by atoms with Gasteiger partial charge in [-0.15, -0.1) is 5.06 Å². The number of unbranched alkanes of at least 4 members (excludes halogenated alkanes) is 1. The van der Waals surface area contributed by atoms with Gasteiger partial charge in [-0.1, -0.05) is 6.42 Å². The van der Waals surface area contributed by atoms with Crippen molar-refractivity contribution in [2.45, 2.75) is 114 Å². The number of carbonyl (C=O) groups excluding carboxylic acids is 9. The topological polar surface area (TPSA) is 202 Å². The van der Waals surface area contributed by atoms with Crippen molar-refractivity contribution in [3.8, 4) is 0 Å². The van der Waals surface area contributed by atoms with Crippen molar-refractivity contribution in [1.82, 2.24) is 21.0 Å². The van der Waals surface area contributed by atoms with Crippen molar-refractivity contribution in [2.24, 2.45) is 0 Å². The van der Waals surface area contributed by atoms with E-state index in [4.69, 9.17) is 0 Å². The lowest BCUT2D eigenvalue weighted by molar-refractivity contribution is -0.197. The average Bonchev–Trinajstić information content (AvgIpc) is 3.64. The van der Waals surface area contributed by atoms with Crippen LogP contribution in [-0.4, -0.2) is 87.5 Å². The van der Waals surface area contributed by atoms with Crippen LogP contribution in [0, 0.1) is 0 Å². The normalized spacial score (nSPS) is 20.6. The molecule has 0 radical (unpaired) electrons. The van der Waals surface area contributed by atoms with E-state index in [0.717, 1.165) is 25.0 Å². The van der Waals surface area contributed by atoms with E-state index < -0.39 is 17.8 Å². The summed E-state index contributed by atoms with van der Waals surface area (Å²) in [5.74, 6) is -2.40. The summed E-state index contributed by atoms with van der Waals surface area (Å²) in [4.78, 5) is 111. The summed E-state index contributed by atoms with van der Waals surface area (Å²) in [5.41, 5.74) is 0. The molecular weight excluding hydrogens is 596 g/mol. The number of thioether (sulfide) groups is 1. The minimum Gasteiger partial charge on any atom is -0.356 e. The molecular formula is C29H40N4O10S. The highest BCUT2D eigenvalue weighted by atomic mass is 32.2. The van der Waals surface area contributed by atoms with Gasteiger partial charge < -0.3 is 20.8 Å². The molecule has 0 aromatic carbocycles. The number of nitrogens with one attached hydrogen (secondary N) is 3. The number of amides is 5. The van der Waals surface area contributed by atoms with Crippen molar-refractivity contribution in [3.63, 3.8) is 0 Å². The molecule has 0 aliphatic carbocycles. The maximum atomic E-state index is 12.1. The molecule has 15 heteroatoms. The molecule has 242 valence electrons. The molecule has 3 saturated heterocycles. The molecule has 3 rings (SSSR count). The molecule has 3 aliphatic heterocycles. The van der Waals surface area contributed by atoms with Gasteiger partial charge in [0.05, 0.1) is 18.5 Å². The third-order valence-corrected chi connectivity index (χ3v) is 9.17. The lowest BCUT2D eigenvalue weighted by Crippen LogP contribution is -2.36. The summed E-state index contributed by atoms with van der Waals surface area (Å²) in [6.45, 7) is 0.199. The van der Waals surface area contributed by atoms with Crippen LogP contribution in [0.1, 0.15) is 96.3 Å². The van der Waals surface area contributed by atoms with E-state index in [1.54, 1.807) is 0 Å². The van der Waals surface area contributed by atoms with E-state index in [9.17, 15) is 43.2 Å². The van der Waals surface area contributed by atoms with Crippen LogP contribution < -0.4 is 16.0 Å². The molecule has 5 amide bonds. The molecule has 0 aromatic heterocycles. The van der Waals surface area contributed by atoms with E-state index in [-0.39, 0.29) is 124 Å². The van der Waals surface area contributed by atoms with Gasteiger partial charge in [0.25, 0.3) is 11.8 Å². The van der Waals surface area contributed by atoms with Gasteiger partial charge in [0.1, 0.15) is 23.1 Å². The molecule has 0 unspecified atom stereocenters. The van der Waals surface area contributed by atoms with Gasteiger partial charge in [0.2, 0.25) is 5.91 Å². The van der Waals surface area contributed by atoms with E-state index in [0.29, 0.717) is 16.7 Å². The first-order chi connectivity index (χ1) is 21.0. The molecule has 3 atom stereocenters. The Morgan fingerprint density at radius 1 is 0.727 bits per heavy atom. The summed E-state index contributed by atoms with van der Waals surface area (Å²) in [6, 6.07) is 0.218. The zero-order chi connectivity index (χ0) is 32.1. The number of carbonyl (C=O) groups is 9. The molecule has 3 aliphatic rings. The summed E-state index contributed by atoms with van der Waals surface area (Å²) in [5, 5.41) is 9.34. The second-order valence-corrected chi connectivity index (χ2v) is 12.4. The van der Waals surface area contributed by atoms with Crippen LogP contribution in [0.4, 0.5) is 4.79 Å². The summed E-state index contributed by atoms with van der Waals surface area (Å²) < 4.78 is 0. The van der Waals surface area contributed by atoms with Gasteiger partial charge >= 0.3 is 12.0 Å². The monoisotopic (exact) mass is 636 g/mol. The van der Waals surface area contributed by atoms with Crippen LogP contribution in [0.15, 0.2) is 0 Å². The Kier molecular flexibility index (Phi) is 14.0. The highest BCUT2D eigenvalue weighted by Crippen LogP contribution is 2.33. The summed E-state index contributed by atoms with van der Waals surface area (Å²) in [6.07, 6.45) is 2.13. The van der Waals surface area contributed by atoms with E-state index in [1.807, 2.05) is 11.8 Å². The van der Waals surface area contributed by atoms with Gasteiger partial charge in [0, 0.05) is 88.2 Å². The van der Waals surface area contributed by atoms with Gasteiger partial charge in [-0.2, -0.15) is 11.8 Å². The van der Waals surface area contributed by atoms with Crippen molar-refractivity contribution < 1.29 is 48.0 Å². The molecule has 3 heterocycles. The Bertz CT molecular complexity index is 1140. The Morgan fingerprint density at radius 3 is 1.86 bits per heavy atom. The number of rotatable bonds is 21. The predicted molar refractivity (Wildman–Crippen MR) is 156 cm³/mol. The third-order valence-electron chi connectivity index (χ3n) is 7.66. The molecule has 3 N–H and O–H groups in total. The second-order valence-electron chi connectivity index (χ2n) is 11.2. The lowest BCUT2D eigenvalue weighted by Gasteiger charge is -2.16. The van der Waals surface area contributed by atoms with Crippen molar-refractivity contribution in [3.05, 3.63) is 0 Å². The van der Waals surface area contributed by atoms with Gasteiger partial charge in [-0.05, 0) is 12.8 Å². The fraction of sp³-hybridized carbons (Fsp3) is 0.690. The minimum atomic E-state index is -0.890. The van der Waals surface area contributed by atoms with Crippen LogP contribution in [0.25, 0.3) is 0 Å². The highest BCUT2D eigenvalue weighted by Gasteiger charge is 2.42. The molecule has 0 saturated carbocycles. The molecule has 0 aromatic rings. The zero-order valence-corrected chi connectivity index (χ0v) is 25.5. The number of nitrogens with zero attached hydrogens (tertiary/aromatic N) is 1. The molecule has 0 bridgehead atoms. The first-order valence-electron chi connectivity index (χ1n) is 15.1. The van der Waals surface area contributed by atoms with Crippen LogP contribution in [0.2, 0.25) is 0 Å². The Labute approximate surface area is 259 Å². The first kappa shape index (κ1) is 34.9. The Morgan fingerprint density at radius 2 is 1.27 bits per heavy atom. The van der Waals surface area contributed by atoms with E-state index in [2.05, 4.69) is 20.8 Å². The van der Waals surface area contributed by atoms with Crippen molar-refractivity contribution in [2.75, 3.05) is 12.3 Å². The first-order valence-corrected chi connectivity index (χ1v) is 16.2. The van der Waals surface area contributed by atoms with Crippen molar-refractivity contribution >= 4 is 64.6 Å². The predicted octanol–water partition coefficient (Wildman–Crippen LogP) is 1.22. The quantitative estimate of drug-likeness (QED) is 0.0929. The molecule has 3 fully saturated rings. The highest BCUT2D eigenvalue weighted by molar-refractivity contribution is 8.00. The zero-order valence-electron chi connectivity index (χ0n) is 24.7. The average molecular weight is 637 g/mol. The standard InChI is InChI=1S/C29H40N4O10S/c34-18(7-8-20(36)11-14-27(41)43-33-25(39)12-13-26(33)40)5-6-19(35)9-10-21(37)15-16-30-24(38)4-2-1-3-23-28-22(17-44-23)31-29(42)32-28/h22-23,28H,1-17H2,(H,30,38)(H2,31,32,42)/t22-,23-,28-/m0/s1. The lowest BCUT2D eigenvalue weighted by atomic mass is 10.0. The number of Topliss-reactive ketones (excluding diaryl/α,β-unsaturated/α-hetero) is 4. The van der Waals surface area contributed by atoms with Crippen LogP contribution in [0.5, 0.6) is 0 Å². The SMILES string of the molecule is O=C(CCNC(=O)CCCC[C@@H]1SC[C@@H]2NC(=O)N[C@@H]21)CCC(=O)CCC(=O)CCC(=O)CCC(=O)ON1C(=O)CCC1=O. The van der Waals surface area contributed by atoms with Crippen LogP contribution >= 0.6 is 11.8 Å². The fourth-order valence-electron chi connectivity index (χ4n) is 5.09. The summed E-state index contributed by atoms with van der Waals surface area (Å²) in [7, 11) is 0. The van der Waals surface area contributed by atoms with Gasteiger partial charge in [-0.25, -0.2) is 9.59 Å². The number of hydroxylamine groups is 2. The summed E-state index contributed by atoms with van der Waals surface area (Å²) >= 11 is 1.84. The molecule has 44 heavy (non-hydrogen) atoms. The van der Waals surface area contributed by atoms with E-state index >= 15 is 0 Å². The van der Waals surface area contributed by atoms with Gasteiger partial charge in [-0.3, -0.25) is 33.6 Å². The number of imide groups is 1. The molecule has 14 nitrogen and oxygen atoms in total. The van der Waals surface area contributed by atoms with Crippen LogP contribution in [-0.2, 0) is 43.2 Å². The maximum absolute atomic E-state index is 12.1. The second kappa shape index (κ2) is 17.6. The van der Waals surface area contributed by atoms with E-state index in [1.165, 1.54) is 0 Å². The minimum absolute atomic E-state index is 0.000128. The number of hydrogen-bond acceptors (Lipinski definition) is 11. The number of fused-ring (bicyclic) bond motifs is 1.